The van der Waals surface area contributed by atoms with Gasteiger partial charge < -0.3 is 15.9 Å². The van der Waals surface area contributed by atoms with Gasteiger partial charge in [0.1, 0.15) is 5.76 Å². The molecule has 0 radical (unpaired) electrons. The predicted molar refractivity (Wildman–Crippen MR) is 40.3 cm³/mol. The van der Waals surface area contributed by atoms with E-state index in [1.165, 1.54) is 0 Å². The lowest BCUT2D eigenvalue weighted by Gasteiger charge is -2.02. The second-order valence-electron chi connectivity index (χ2n) is 2.25. The van der Waals surface area contributed by atoms with Crippen LogP contribution in [0, 0.1) is 0 Å². The van der Waals surface area contributed by atoms with E-state index in [2.05, 4.69) is 0 Å². The Labute approximate surface area is 60.0 Å². The summed E-state index contributed by atoms with van der Waals surface area (Å²) in [5.74, 6) is 1.19. The van der Waals surface area contributed by atoms with Crippen LogP contribution in [0.25, 0.3) is 0 Å². The van der Waals surface area contributed by atoms with Crippen LogP contribution in [0.5, 0.6) is 0 Å². The SMILES string of the molecule is CC[C@H](N)c1ccc(N)o1. The second-order valence-corrected chi connectivity index (χ2v) is 2.25. The van der Waals surface area contributed by atoms with Gasteiger partial charge in [0.15, 0.2) is 5.88 Å². The van der Waals surface area contributed by atoms with E-state index in [4.69, 9.17) is 15.9 Å². The van der Waals surface area contributed by atoms with Gasteiger partial charge in [0.05, 0.1) is 6.04 Å². The van der Waals surface area contributed by atoms with E-state index >= 15 is 0 Å². The molecule has 0 saturated heterocycles. The predicted octanol–water partition coefficient (Wildman–Crippen LogP) is 1.27. The van der Waals surface area contributed by atoms with Gasteiger partial charge in [-0.15, -0.1) is 0 Å². The van der Waals surface area contributed by atoms with Gasteiger partial charge in [0, 0.05) is 6.07 Å². The van der Waals surface area contributed by atoms with Crippen LogP contribution >= 0.6 is 0 Å². The van der Waals surface area contributed by atoms with Crippen molar-refractivity contribution in [1.82, 2.24) is 0 Å². The average molecular weight is 140 g/mol. The van der Waals surface area contributed by atoms with Crippen LogP contribution in [0.15, 0.2) is 16.5 Å². The molecular formula is C7H12N2O. The van der Waals surface area contributed by atoms with E-state index in [0.29, 0.717) is 5.88 Å². The number of nitrogens with two attached hydrogens (primary N) is 2. The number of furan rings is 1. The fourth-order valence-corrected chi connectivity index (χ4v) is 0.769. The third-order valence-electron chi connectivity index (χ3n) is 1.45. The summed E-state index contributed by atoms with van der Waals surface area (Å²) >= 11 is 0. The molecule has 3 nitrogen and oxygen atoms in total. The summed E-state index contributed by atoms with van der Waals surface area (Å²) in [5, 5.41) is 0. The molecule has 0 aliphatic heterocycles. The highest BCUT2D eigenvalue weighted by Crippen LogP contribution is 2.17. The first kappa shape index (κ1) is 7.15. The van der Waals surface area contributed by atoms with Crippen LogP contribution in [0.1, 0.15) is 25.1 Å². The summed E-state index contributed by atoms with van der Waals surface area (Å²) in [5.41, 5.74) is 11.0. The molecule has 0 bridgehead atoms. The first-order chi connectivity index (χ1) is 4.74. The maximum atomic E-state index is 5.66. The van der Waals surface area contributed by atoms with Crippen molar-refractivity contribution in [2.24, 2.45) is 5.73 Å². The quantitative estimate of drug-likeness (QED) is 0.650. The van der Waals surface area contributed by atoms with Crippen molar-refractivity contribution in [3.8, 4) is 0 Å². The minimum absolute atomic E-state index is 0.0164. The van der Waals surface area contributed by atoms with Crippen molar-refractivity contribution in [2.45, 2.75) is 19.4 Å². The van der Waals surface area contributed by atoms with E-state index in [9.17, 15) is 0 Å². The van der Waals surface area contributed by atoms with E-state index in [1.807, 2.05) is 13.0 Å². The van der Waals surface area contributed by atoms with Crippen LogP contribution in [0.3, 0.4) is 0 Å². The zero-order valence-electron chi connectivity index (χ0n) is 6.00. The van der Waals surface area contributed by atoms with Gasteiger partial charge in [-0.2, -0.15) is 0 Å². The molecular weight excluding hydrogens is 128 g/mol. The van der Waals surface area contributed by atoms with Gasteiger partial charge in [-0.3, -0.25) is 0 Å². The molecule has 0 fully saturated rings. The minimum Gasteiger partial charge on any atom is -0.444 e. The molecule has 1 rings (SSSR count). The Morgan fingerprint density at radius 3 is 2.70 bits per heavy atom. The van der Waals surface area contributed by atoms with Crippen LogP contribution in [0.2, 0.25) is 0 Å². The minimum atomic E-state index is -0.0164. The number of anilines is 1. The second kappa shape index (κ2) is 2.75. The summed E-state index contributed by atoms with van der Waals surface area (Å²) in [6.45, 7) is 2.00. The lowest BCUT2D eigenvalue weighted by atomic mass is 10.2. The van der Waals surface area contributed by atoms with Crippen molar-refractivity contribution in [3.05, 3.63) is 17.9 Å². The van der Waals surface area contributed by atoms with Crippen LogP contribution < -0.4 is 11.5 Å². The topological polar surface area (TPSA) is 65.2 Å². The van der Waals surface area contributed by atoms with Gasteiger partial charge in [-0.1, -0.05) is 6.92 Å². The van der Waals surface area contributed by atoms with E-state index in [0.717, 1.165) is 12.2 Å². The standard InChI is InChI=1S/C7H12N2O/c1-2-5(8)6-3-4-7(9)10-6/h3-5H,2,8-9H2,1H3/t5-/m0/s1. The maximum absolute atomic E-state index is 5.66. The highest BCUT2D eigenvalue weighted by atomic mass is 16.4. The average Bonchev–Trinajstić information content (AvgIpc) is 2.34. The third kappa shape index (κ3) is 1.30. The van der Waals surface area contributed by atoms with E-state index < -0.39 is 0 Å². The van der Waals surface area contributed by atoms with Crippen molar-refractivity contribution < 1.29 is 4.42 Å². The molecule has 0 aromatic carbocycles. The van der Waals surface area contributed by atoms with E-state index in [1.54, 1.807) is 6.07 Å². The molecule has 1 atom stereocenters. The van der Waals surface area contributed by atoms with Gasteiger partial charge in [-0.25, -0.2) is 0 Å². The van der Waals surface area contributed by atoms with E-state index in [-0.39, 0.29) is 6.04 Å². The number of hydrogen-bond acceptors (Lipinski definition) is 3. The molecule has 1 heterocycles. The van der Waals surface area contributed by atoms with Crippen molar-refractivity contribution in [1.29, 1.82) is 0 Å². The first-order valence-electron chi connectivity index (χ1n) is 3.34. The van der Waals surface area contributed by atoms with Crippen LogP contribution in [0.4, 0.5) is 5.88 Å². The Hall–Kier alpha value is -0.960. The Morgan fingerprint density at radius 1 is 1.60 bits per heavy atom. The molecule has 56 valence electrons. The fourth-order valence-electron chi connectivity index (χ4n) is 0.769. The van der Waals surface area contributed by atoms with Crippen LogP contribution in [-0.2, 0) is 0 Å². The molecule has 0 amide bonds. The maximum Gasteiger partial charge on any atom is 0.190 e. The Bertz CT molecular complexity index is 207. The Balaban J connectivity index is 2.74. The van der Waals surface area contributed by atoms with Crippen molar-refractivity contribution in [3.63, 3.8) is 0 Å². The highest BCUT2D eigenvalue weighted by Gasteiger charge is 2.06. The zero-order valence-corrected chi connectivity index (χ0v) is 6.00. The molecule has 0 aliphatic carbocycles. The first-order valence-corrected chi connectivity index (χ1v) is 3.34. The molecule has 1 aromatic rings. The van der Waals surface area contributed by atoms with Gasteiger partial charge >= 0.3 is 0 Å². The molecule has 0 unspecified atom stereocenters. The summed E-state index contributed by atoms with van der Waals surface area (Å²) in [7, 11) is 0. The van der Waals surface area contributed by atoms with Crippen LogP contribution in [-0.4, -0.2) is 0 Å². The molecule has 0 aliphatic rings. The largest absolute Gasteiger partial charge is 0.444 e. The number of nitrogen functional groups attached to an aromatic ring is 1. The Morgan fingerprint density at radius 2 is 2.30 bits per heavy atom. The number of hydrogen-bond donors (Lipinski definition) is 2. The summed E-state index contributed by atoms with van der Waals surface area (Å²) in [6.07, 6.45) is 0.868. The molecule has 10 heavy (non-hydrogen) atoms. The lowest BCUT2D eigenvalue weighted by Crippen LogP contribution is -2.06. The monoisotopic (exact) mass is 140 g/mol. The van der Waals surface area contributed by atoms with Crippen molar-refractivity contribution >= 4 is 5.88 Å². The molecule has 0 saturated carbocycles. The third-order valence-corrected chi connectivity index (χ3v) is 1.45. The highest BCUT2D eigenvalue weighted by molar-refractivity contribution is 5.26. The summed E-state index contributed by atoms with van der Waals surface area (Å²) in [4.78, 5) is 0. The molecule has 3 heteroatoms. The normalized spacial score (nSPS) is 13.4. The van der Waals surface area contributed by atoms with Gasteiger partial charge in [0.25, 0.3) is 0 Å². The fraction of sp³-hybridized carbons (Fsp3) is 0.429. The van der Waals surface area contributed by atoms with Gasteiger partial charge in [0.2, 0.25) is 0 Å². The summed E-state index contributed by atoms with van der Waals surface area (Å²) in [6, 6.07) is 3.51. The smallest absolute Gasteiger partial charge is 0.190 e. The summed E-state index contributed by atoms with van der Waals surface area (Å²) < 4.78 is 5.09. The van der Waals surface area contributed by atoms with Crippen molar-refractivity contribution in [2.75, 3.05) is 5.73 Å². The molecule has 1 aromatic heterocycles. The van der Waals surface area contributed by atoms with Gasteiger partial charge in [-0.05, 0) is 12.5 Å². The molecule has 0 spiro atoms. The zero-order chi connectivity index (χ0) is 7.56. The Kier molecular flexibility index (Phi) is 1.97. The lowest BCUT2D eigenvalue weighted by molar-refractivity contribution is 0.473. The molecule has 4 N–H and O–H groups in total. The number of rotatable bonds is 2.